The number of amides is 4. The number of benzene rings is 2. The van der Waals surface area contributed by atoms with E-state index in [1.165, 1.54) is 12.8 Å². The molecule has 8 nitrogen and oxygen atoms in total. The Balaban J connectivity index is 1.41. The molecule has 2 aliphatic rings. The number of nitrogens with one attached hydrogen (secondary N) is 1. The van der Waals surface area contributed by atoms with Crippen molar-refractivity contribution in [2.45, 2.75) is 0 Å². The Kier molecular flexibility index (Phi) is 5.18. The summed E-state index contributed by atoms with van der Waals surface area (Å²) in [6.45, 7) is 3.40. The first kappa shape index (κ1) is 18.9. The Labute approximate surface area is 168 Å². The highest BCUT2D eigenvalue weighted by atomic mass is 16.5. The van der Waals surface area contributed by atoms with Crippen LogP contribution >= 0.6 is 0 Å². The molecule has 0 spiro atoms. The lowest BCUT2D eigenvalue weighted by atomic mass is 10.2. The third-order valence-electron chi connectivity index (χ3n) is 5.36. The van der Waals surface area contributed by atoms with Gasteiger partial charge in [-0.3, -0.25) is 9.59 Å². The van der Waals surface area contributed by atoms with Crippen LogP contribution in [-0.2, 0) is 9.59 Å². The van der Waals surface area contributed by atoms with E-state index in [-0.39, 0.29) is 6.67 Å². The number of piperazine rings is 1. The Morgan fingerprint density at radius 3 is 2.14 bits per heavy atom. The van der Waals surface area contributed by atoms with Crippen LogP contribution in [0.2, 0.25) is 0 Å². The van der Waals surface area contributed by atoms with E-state index >= 15 is 0 Å². The zero-order valence-corrected chi connectivity index (χ0v) is 16.2. The number of hydrogen-bond acceptors (Lipinski definition) is 5. The van der Waals surface area contributed by atoms with E-state index in [9.17, 15) is 14.4 Å². The Morgan fingerprint density at radius 2 is 1.52 bits per heavy atom. The van der Waals surface area contributed by atoms with E-state index < -0.39 is 17.8 Å². The number of rotatable bonds is 5. The fourth-order valence-electron chi connectivity index (χ4n) is 3.71. The number of nitrogens with zero attached hydrogens (tertiary/aromatic N) is 3. The summed E-state index contributed by atoms with van der Waals surface area (Å²) >= 11 is 0. The number of imide groups is 2. The molecule has 4 rings (SSSR count). The first-order valence-electron chi connectivity index (χ1n) is 9.56. The molecule has 29 heavy (non-hydrogen) atoms. The number of quaternary nitrogens is 1. The zero-order valence-electron chi connectivity index (χ0n) is 16.2. The number of para-hydroxylation sites is 1. The standard InChI is InChI=1S/C21H22N4O4/c1-29-18-9-7-17(8-10-18)25-20(27)19(26)24(21(25)28)15-22-11-13-23(14-12-22)16-5-3-2-4-6-16/h2-10H,11-15H2,1H3/p+1. The smallest absolute Gasteiger partial charge is 0.343 e. The highest BCUT2D eigenvalue weighted by Gasteiger charge is 2.47. The van der Waals surface area contributed by atoms with Crippen LogP contribution in [0.3, 0.4) is 0 Å². The van der Waals surface area contributed by atoms with Crippen LogP contribution in [-0.4, -0.2) is 62.7 Å². The first-order chi connectivity index (χ1) is 14.1. The largest absolute Gasteiger partial charge is 0.497 e. The van der Waals surface area contributed by atoms with Crippen LogP contribution in [0.1, 0.15) is 0 Å². The lowest BCUT2D eigenvalue weighted by molar-refractivity contribution is -0.907. The number of carbonyl (C=O) groups excluding carboxylic acids is 3. The maximum Gasteiger partial charge on any atom is 0.343 e. The van der Waals surface area contributed by atoms with Gasteiger partial charge in [-0.25, -0.2) is 14.6 Å². The van der Waals surface area contributed by atoms with E-state index in [0.29, 0.717) is 11.4 Å². The molecular weight excluding hydrogens is 372 g/mol. The molecular formula is C21H23N4O4+. The summed E-state index contributed by atoms with van der Waals surface area (Å²) in [6.07, 6.45) is 0. The lowest BCUT2D eigenvalue weighted by Crippen LogP contribution is -3.16. The van der Waals surface area contributed by atoms with Crippen LogP contribution in [0.15, 0.2) is 54.6 Å². The molecule has 0 aromatic heterocycles. The second-order valence-electron chi connectivity index (χ2n) is 7.09. The van der Waals surface area contributed by atoms with Crippen molar-refractivity contribution >= 4 is 29.2 Å². The summed E-state index contributed by atoms with van der Waals surface area (Å²) in [5.74, 6) is -0.983. The van der Waals surface area contributed by atoms with Gasteiger partial charge in [-0.15, -0.1) is 0 Å². The normalized spacial score (nSPS) is 18.0. The molecule has 4 amide bonds. The third-order valence-corrected chi connectivity index (χ3v) is 5.36. The number of methoxy groups -OCH3 is 1. The van der Waals surface area contributed by atoms with Gasteiger partial charge in [0, 0.05) is 5.69 Å². The van der Waals surface area contributed by atoms with Gasteiger partial charge in [0.15, 0.2) is 6.67 Å². The van der Waals surface area contributed by atoms with Crippen molar-refractivity contribution in [3.8, 4) is 5.75 Å². The van der Waals surface area contributed by atoms with Gasteiger partial charge in [-0.05, 0) is 36.4 Å². The van der Waals surface area contributed by atoms with Gasteiger partial charge < -0.3 is 14.5 Å². The second-order valence-corrected chi connectivity index (χ2v) is 7.09. The third kappa shape index (κ3) is 3.66. The molecule has 2 aliphatic heterocycles. The second kappa shape index (κ2) is 7.92. The van der Waals surface area contributed by atoms with Crippen LogP contribution < -0.4 is 19.4 Å². The Bertz CT molecular complexity index is 908. The number of carbonyl (C=O) groups is 3. The molecule has 2 aromatic carbocycles. The average molecular weight is 395 g/mol. The highest BCUT2D eigenvalue weighted by molar-refractivity contribution is 6.52. The molecule has 0 aliphatic carbocycles. The van der Waals surface area contributed by atoms with Gasteiger partial charge in [-0.2, -0.15) is 0 Å². The van der Waals surface area contributed by atoms with Crippen molar-refractivity contribution in [3.63, 3.8) is 0 Å². The minimum absolute atomic E-state index is 0.193. The summed E-state index contributed by atoms with van der Waals surface area (Å²) in [7, 11) is 1.53. The van der Waals surface area contributed by atoms with Crippen molar-refractivity contribution in [1.82, 2.24) is 4.90 Å². The van der Waals surface area contributed by atoms with Crippen LogP contribution in [0.4, 0.5) is 16.2 Å². The van der Waals surface area contributed by atoms with Crippen molar-refractivity contribution in [1.29, 1.82) is 0 Å². The molecule has 0 radical (unpaired) electrons. The van der Waals surface area contributed by atoms with Crippen molar-refractivity contribution < 1.29 is 24.0 Å². The molecule has 150 valence electrons. The molecule has 0 unspecified atom stereocenters. The molecule has 1 N–H and O–H groups in total. The Hall–Kier alpha value is -3.39. The zero-order chi connectivity index (χ0) is 20.4. The first-order valence-corrected chi connectivity index (χ1v) is 9.56. The lowest BCUT2D eigenvalue weighted by Gasteiger charge is -2.34. The van der Waals surface area contributed by atoms with Gasteiger partial charge in [0.2, 0.25) is 0 Å². The van der Waals surface area contributed by atoms with Gasteiger partial charge in [-0.1, -0.05) is 18.2 Å². The van der Waals surface area contributed by atoms with Crippen LogP contribution in [0, 0.1) is 0 Å². The number of anilines is 2. The van der Waals surface area contributed by atoms with Crippen LogP contribution in [0.25, 0.3) is 0 Å². The number of urea groups is 1. The minimum Gasteiger partial charge on any atom is -0.497 e. The summed E-state index contributed by atoms with van der Waals surface area (Å²) < 4.78 is 5.10. The van der Waals surface area contributed by atoms with E-state index in [2.05, 4.69) is 17.0 Å². The predicted molar refractivity (Wildman–Crippen MR) is 107 cm³/mol. The molecule has 2 aromatic rings. The fourth-order valence-corrected chi connectivity index (χ4v) is 3.71. The highest BCUT2D eigenvalue weighted by Crippen LogP contribution is 2.24. The Morgan fingerprint density at radius 1 is 0.862 bits per heavy atom. The quantitative estimate of drug-likeness (QED) is 0.584. The number of ether oxygens (including phenoxy) is 1. The molecule has 0 saturated carbocycles. The monoisotopic (exact) mass is 395 g/mol. The van der Waals surface area contributed by atoms with Gasteiger partial charge >= 0.3 is 17.8 Å². The number of hydrogen-bond donors (Lipinski definition) is 1. The predicted octanol–water partition coefficient (Wildman–Crippen LogP) is 0.353. The van der Waals surface area contributed by atoms with Gasteiger partial charge in [0.05, 0.1) is 39.0 Å². The maximum absolute atomic E-state index is 12.8. The van der Waals surface area contributed by atoms with Crippen LogP contribution in [0.5, 0.6) is 5.75 Å². The molecule has 2 fully saturated rings. The summed E-state index contributed by atoms with van der Waals surface area (Å²) in [4.78, 5) is 43.0. The molecule has 2 heterocycles. The summed E-state index contributed by atoms with van der Waals surface area (Å²) in [6, 6.07) is 16.0. The van der Waals surface area contributed by atoms with E-state index in [1.807, 2.05) is 18.2 Å². The van der Waals surface area contributed by atoms with Gasteiger partial charge in [0.1, 0.15) is 5.75 Å². The minimum atomic E-state index is -0.817. The van der Waals surface area contributed by atoms with E-state index in [4.69, 9.17) is 4.74 Å². The summed E-state index contributed by atoms with van der Waals surface area (Å²) in [5, 5.41) is 0. The molecule has 8 heteroatoms. The molecule has 0 atom stereocenters. The van der Waals surface area contributed by atoms with Crippen molar-refractivity contribution in [3.05, 3.63) is 54.6 Å². The van der Waals surface area contributed by atoms with E-state index in [1.54, 1.807) is 24.3 Å². The molecule has 0 bridgehead atoms. The van der Waals surface area contributed by atoms with Crippen molar-refractivity contribution in [2.24, 2.45) is 0 Å². The fraction of sp³-hybridized carbons (Fsp3) is 0.286. The van der Waals surface area contributed by atoms with E-state index in [0.717, 1.165) is 40.9 Å². The van der Waals surface area contributed by atoms with Gasteiger partial charge in [0.25, 0.3) is 0 Å². The van der Waals surface area contributed by atoms with Crippen molar-refractivity contribution in [2.75, 3.05) is 49.8 Å². The molecule has 2 saturated heterocycles. The average Bonchev–Trinajstić information content (AvgIpc) is 2.98. The maximum atomic E-state index is 12.8. The summed E-state index contributed by atoms with van der Waals surface area (Å²) in [5.41, 5.74) is 1.53. The SMILES string of the molecule is COc1ccc(N2C(=O)C(=O)N(C[NH+]3CCN(c4ccccc4)CC3)C2=O)cc1. The topological polar surface area (TPSA) is 74.6 Å².